The van der Waals surface area contributed by atoms with Crippen LogP contribution >= 0.6 is 0 Å². The minimum atomic E-state index is -0.250. The Labute approximate surface area is 41.0 Å². The van der Waals surface area contributed by atoms with Gasteiger partial charge in [0.2, 0.25) is 0 Å². The van der Waals surface area contributed by atoms with E-state index < -0.39 is 0 Å². The van der Waals surface area contributed by atoms with Crippen molar-refractivity contribution in [3.05, 3.63) is 0 Å². The summed E-state index contributed by atoms with van der Waals surface area (Å²) < 4.78 is 0. The van der Waals surface area contributed by atoms with Gasteiger partial charge in [0.25, 0.3) is 6.47 Å². The summed E-state index contributed by atoms with van der Waals surface area (Å²) in [6.45, 7) is -0.250. The van der Waals surface area contributed by atoms with Gasteiger partial charge in [0.15, 0.2) is 0 Å². The van der Waals surface area contributed by atoms with E-state index in [1.54, 1.807) is 0 Å². The molecule has 1 aliphatic carbocycles. The molecule has 0 unspecified atom stereocenters. The maximum Gasteiger partial charge on any atom is 0.290 e. The van der Waals surface area contributed by atoms with Crippen molar-refractivity contribution in [2.24, 2.45) is 0 Å². The molecule has 0 aliphatic heterocycles. The molecule has 3 heteroatoms. The van der Waals surface area contributed by atoms with Gasteiger partial charge in [-0.25, -0.2) is 0 Å². The largest absolute Gasteiger partial charge is 0.483 e. The first kappa shape index (κ1) is 6.14. The minimum absolute atomic E-state index is 0.250. The standard InChI is InChI=1S/C3H4O.CH2O2/c4-3-1-2-3;2-1-3/h1-2H2;1H,(H,2,3). The van der Waals surface area contributed by atoms with Gasteiger partial charge in [-0.2, -0.15) is 0 Å². The third kappa shape index (κ3) is 11.1. The molecular formula is C4H6O3. The van der Waals surface area contributed by atoms with Crippen LogP contribution < -0.4 is 0 Å². The number of hydrogen-bond acceptors (Lipinski definition) is 2. The molecule has 0 radical (unpaired) electrons. The Balaban J connectivity index is 0.000000110. The van der Waals surface area contributed by atoms with Crippen LogP contribution in [-0.4, -0.2) is 17.4 Å². The third-order valence-corrected chi connectivity index (χ3v) is 0.454. The summed E-state index contributed by atoms with van der Waals surface area (Å²) in [6, 6.07) is 0. The fourth-order valence-corrected chi connectivity index (χ4v) is 0.0510. The van der Waals surface area contributed by atoms with Gasteiger partial charge in [0.05, 0.1) is 0 Å². The first-order valence-electron chi connectivity index (χ1n) is 1.91. The lowest BCUT2D eigenvalue weighted by molar-refractivity contribution is -0.122. The number of hydrogen-bond donors (Lipinski definition) is 1. The quantitative estimate of drug-likeness (QED) is 0.439. The number of carbonyl (C=O) groups is 2. The van der Waals surface area contributed by atoms with Crippen LogP contribution in [0.2, 0.25) is 0 Å². The smallest absolute Gasteiger partial charge is 0.290 e. The van der Waals surface area contributed by atoms with Crippen molar-refractivity contribution in [3.63, 3.8) is 0 Å². The average molecular weight is 102 g/mol. The Bertz CT molecular complexity index is 71.0. The zero-order chi connectivity index (χ0) is 5.70. The highest BCUT2D eigenvalue weighted by atomic mass is 16.3. The lowest BCUT2D eigenvalue weighted by Crippen LogP contribution is -1.49. The van der Waals surface area contributed by atoms with E-state index in [1.165, 1.54) is 0 Å². The highest BCUT2D eigenvalue weighted by Crippen LogP contribution is 2.08. The molecule has 0 aromatic heterocycles. The van der Waals surface area contributed by atoms with Gasteiger partial charge in [-0.05, 0) is 0 Å². The number of carbonyl (C=O) groups excluding carboxylic acids is 1. The predicted octanol–water partition coefficient (Wildman–Crippen LogP) is 0.0501. The van der Waals surface area contributed by atoms with Crippen molar-refractivity contribution < 1.29 is 14.7 Å². The Morgan fingerprint density at radius 1 is 1.57 bits per heavy atom. The van der Waals surface area contributed by atoms with Crippen LogP contribution in [-0.2, 0) is 9.59 Å². The van der Waals surface area contributed by atoms with Crippen molar-refractivity contribution in [3.8, 4) is 0 Å². The average Bonchev–Trinajstić information content (AvgIpc) is 2.25. The summed E-state index contributed by atoms with van der Waals surface area (Å²) in [5, 5.41) is 6.89. The molecule has 0 aromatic rings. The molecule has 0 saturated heterocycles. The summed E-state index contributed by atoms with van der Waals surface area (Å²) in [6.07, 6.45) is 1.69. The number of Topliss-reactive ketones (excluding diaryl/α,β-unsaturated/α-hetero) is 1. The van der Waals surface area contributed by atoms with Crippen molar-refractivity contribution in [1.82, 2.24) is 0 Å². The fourth-order valence-electron chi connectivity index (χ4n) is 0.0510. The van der Waals surface area contributed by atoms with Crippen molar-refractivity contribution >= 4 is 12.3 Å². The summed E-state index contributed by atoms with van der Waals surface area (Å²) in [4.78, 5) is 17.9. The molecule has 0 atom stereocenters. The molecule has 1 N–H and O–H groups in total. The molecule has 0 bridgehead atoms. The lowest BCUT2D eigenvalue weighted by atomic mass is 10.9. The van der Waals surface area contributed by atoms with Gasteiger partial charge in [-0.1, -0.05) is 0 Å². The summed E-state index contributed by atoms with van der Waals surface area (Å²) in [5.74, 6) is 0.417. The Kier molecular flexibility index (Phi) is 2.92. The van der Waals surface area contributed by atoms with Crippen molar-refractivity contribution in [2.45, 2.75) is 12.8 Å². The highest BCUT2D eigenvalue weighted by molar-refractivity contribution is 5.92. The van der Waals surface area contributed by atoms with Gasteiger partial charge < -0.3 is 5.11 Å². The normalized spacial score (nSPS) is 14.0. The van der Waals surface area contributed by atoms with E-state index in [-0.39, 0.29) is 6.47 Å². The van der Waals surface area contributed by atoms with E-state index in [4.69, 9.17) is 9.90 Å². The molecular weight excluding hydrogens is 96.0 g/mol. The van der Waals surface area contributed by atoms with Gasteiger partial charge in [0, 0.05) is 12.8 Å². The van der Waals surface area contributed by atoms with Crippen LogP contribution in [0.3, 0.4) is 0 Å². The van der Waals surface area contributed by atoms with Crippen LogP contribution in [0.15, 0.2) is 0 Å². The highest BCUT2D eigenvalue weighted by Gasteiger charge is 2.13. The molecule has 0 amide bonds. The molecule has 1 saturated carbocycles. The van der Waals surface area contributed by atoms with Crippen LogP contribution in [0.1, 0.15) is 12.8 Å². The van der Waals surface area contributed by atoms with Crippen molar-refractivity contribution in [1.29, 1.82) is 0 Å². The van der Waals surface area contributed by atoms with Gasteiger partial charge in [0.1, 0.15) is 5.78 Å². The third-order valence-electron chi connectivity index (χ3n) is 0.454. The zero-order valence-corrected chi connectivity index (χ0v) is 3.76. The number of rotatable bonds is 0. The Morgan fingerprint density at radius 3 is 1.71 bits per heavy atom. The van der Waals surface area contributed by atoms with E-state index in [2.05, 4.69) is 0 Å². The summed E-state index contributed by atoms with van der Waals surface area (Å²) in [7, 11) is 0. The Morgan fingerprint density at radius 2 is 1.71 bits per heavy atom. The van der Waals surface area contributed by atoms with Gasteiger partial charge >= 0.3 is 0 Å². The van der Waals surface area contributed by atoms with Crippen LogP contribution in [0.5, 0.6) is 0 Å². The first-order chi connectivity index (χ1) is 3.31. The molecule has 3 nitrogen and oxygen atoms in total. The van der Waals surface area contributed by atoms with E-state index in [0.29, 0.717) is 5.78 Å². The van der Waals surface area contributed by atoms with Crippen LogP contribution in [0.4, 0.5) is 0 Å². The monoisotopic (exact) mass is 102 g/mol. The maximum atomic E-state index is 9.56. The van der Waals surface area contributed by atoms with E-state index in [1.807, 2.05) is 0 Å². The SMILES string of the molecule is O=C1CC1.O=CO. The first-order valence-corrected chi connectivity index (χ1v) is 1.91. The van der Waals surface area contributed by atoms with E-state index in [0.717, 1.165) is 12.8 Å². The second-order valence-corrected chi connectivity index (χ2v) is 1.14. The summed E-state index contributed by atoms with van der Waals surface area (Å²) >= 11 is 0. The molecule has 1 fully saturated rings. The number of carboxylic acid groups (broad SMARTS) is 1. The minimum Gasteiger partial charge on any atom is -0.483 e. The predicted molar refractivity (Wildman–Crippen MR) is 22.9 cm³/mol. The Hall–Kier alpha value is -0.860. The summed E-state index contributed by atoms with van der Waals surface area (Å²) in [5.41, 5.74) is 0. The molecule has 7 heavy (non-hydrogen) atoms. The fraction of sp³-hybridized carbons (Fsp3) is 0.500. The van der Waals surface area contributed by atoms with Gasteiger partial charge in [-0.3, -0.25) is 9.59 Å². The molecule has 0 aromatic carbocycles. The van der Waals surface area contributed by atoms with Crippen molar-refractivity contribution in [2.75, 3.05) is 0 Å². The van der Waals surface area contributed by atoms with E-state index in [9.17, 15) is 4.79 Å². The maximum absolute atomic E-state index is 9.56. The molecule has 0 spiro atoms. The second-order valence-electron chi connectivity index (χ2n) is 1.14. The molecule has 0 heterocycles. The second kappa shape index (κ2) is 3.33. The zero-order valence-electron chi connectivity index (χ0n) is 3.76. The molecule has 1 rings (SSSR count). The van der Waals surface area contributed by atoms with Gasteiger partial charge in [-0.15, -0.1) is 0 Å². The van der Waals surface area contributed by atoms with Crippen LogP contribution in [0.25, 0.3) is 0 Å². The molecule has 40 valence electrons. The van der Waals surface area contributed by atoms with E-state index >= 15 is 0 Å². The molecule has 1 aliphatic rings. The number of ketones is 1. The van der Waals surface area contributed by atoms with Crippen LogP contribution in [0, 0.1) is 0 Å². The lowest BCUT2D eigenvalue weighted by Gasteiger charge is -1.34. The topological polar surface area (TPSA) is 54.4 Å².